The number of amides is 2. The Morgan fingerprint density at radius 3 is 2.48 bits per heavy atom. The first kappa shape index (κ1) is 20.8. The fraction of sp³-hybridized carbons (Fsp3) is 0.438. The molecule has 0 heterocycles. The van der Waals surface area contributed by atoms with Crippen LogP contribution in [0.4, 0.5) is 4.79 Å². The van der Waals surface area contributed by atoms with E-state index in [9.17, 15) is 14.4 Å². The van der Waals surface area contributed by atoms with Crippen LogP contribution in [0.1, 0.15) is 30.6 Å². The maximum Gasteiger partial charge on any atom is 0.413 e. The fourth-order valence-electron chi connectivity index (χ4n) is 1.72. The molecule has 0 aliphatic carbocycles. The van der Waals surface area contributed by atoms with Crippen LogP contribution in [0.15, 0.2) is 16.6 Å². The molecule has 1 atom stereocenters. The Bertz CT molecular complexity index is 648. The molecule has 25 heavy (non-hydrogen) atoms. The number of ether oxygens (including phenoxy) is 4. The van der Waals surface area contributed by atoms with Crippen LogP contribution in [0.3, 0.4) is 0 Å². The van der Waals surface area contributed by atoms with E-state index in [0.29, 0.717) is 22.6 Å². The summed E-state index contributed by atoms with van der Waals surface area (Å²) in [5.41, 5.74) is 0.158. The Labute approximate surface area is 153 Å². The highest BCUT2D eigenvalue weighted by atomic mass is 79.9. The summed E-state index contributed by atoms with van der Waals surface area (Å²) in [6, 6.07) is 2.95. The van der Waals surface area contributed by atoms with Crippen LogP contribution in [0.25, 0.3) is 0 Å². The second kappa shape index (κ2) is 9.87. The number of alkyl carbamates (subject to hydrolysis) is 1. The predicted molar refractivity (Wildman–Crippen MR) is 91.9 cm³/mol. The van der Waals surface area contributed by atoms with Crippen molar-refractivity contribution in [3.8, 4) is 11.5 Å². The van der Waals surface area contributed by atoms with Gasteiger partial charge in [-0.1, -0.05) is 6.92 Å². The van der Waals surface area contributed by atoms with Gasteiger partial charge in [0.15, 0.2) is 17.6 Å². The highest BCUT2D eigenvalue weighted by Gasteiger charge is 2.23. The Balaban J connectivity index is 2.89. The van der Waals surface area contributed by atoms with Gasteiger partial charge in [-0.2, -0.15) is 0 Å². The lowest BCUT2D eigenvalue weighted by Gasteiger charge is -2.15. The minimum atomic E-state index is -1.19. The van der Waals surface area contributed by atoms with E-state index in [-0.39, 0.29) is 5.56 Å². The molecule has 0 aliphatic rings. The summed E-state index contributed by atoms with van der Waals surface area (Å²) in [5.74, 6) is -0.735. The number of carbonyl (C=O) groups is 3. The zero-order valence-electron chi connectivity index (χ0n) is 14.4. The van der Waals surface area contributed by atoms with Gasteiger partial charge in [0, 0.05) is 0 Å². The van der Waals surface area contributed by atoms with Crippen molar-refractivity contribution in [2.24, 2.45) is 0 Å². The first-order valence-corrected chi connectivity index (χ1v) is 8.23. The number of imide groups is 1. The summed E-state index contributed by atoms with van der Waals surface area (Å²) in [6.07, 6.45) is -1.31. The van der Waals surface area contributed by atoms with Crippen molar-refractivity contribution in [3.63, 3.8) is 0 Å². The SMILES string of the molecule is CCCOc1c(Br)cc(C(=O)O[C@@H](C)C(=O)NC(=O)OC)cc1OC. The van der Waals surface area contributed by atoms with Gasteiger partial charge in [-0.25, -0.2) is 9.59 Å². The normalized spacial score (nSPS) is 11.2. The molecule has 0 saturated heterocycles. The molecule has 0 unspecified atom stereocenters. The van der Waals surface area contributed by atoms with Crippen molar-refractivity contribution in [2.45, 2.75) is 26.4 Å². The second-order valence-corrected chi connectivity index (χ2v) is 5.72. The van der Waals surface area contributed by atoms with Gasteiger partial charge in [-0.05, 0) is 41.4 Å². The smallest absolute Gasteiger partial charge is 0.413 e. The van der Waals surface area contributed by atoms with E-state index in [4.69, 9.17) is 14.2 Å². The zero-order valence-corrected chi connectivity index (χ0v) is 16.0. The molecule has 9 heteroatoms. The number of esters is 1. The maximum atomic E-state index is 12.2. The topological polar surface area (TPSA) is 100 Å². The number of nitrogens with one attached hydrogen (secondary N) is 1. The van der Waals surface area contributed by atoms with E-state index >= 15 is 0 Å². The number of rotatable bonds is 7. The monoisotopic (exact) mass is 417 g/mol. The highest BCUT2D eigenvalue weighted by Crippen LogP contribution is 2.37. The Hall–Kier alpha value is -2.29. The molecule has 0 radical (unpaired) electrons. The summed E-state index contributed by atoms with van der Waals surface area (Å²) in [4.78, 5) is 34.9. The van der Waals surface area contributed by atoms with Crippen molar-refractivity contribution < 1.29 is 33.3 Å². The van der Waals surface area contributed by atoms with Crippen molar-refractivity contribution in [1.29, 1.82) is 0 Å². The number of hydrogen-bond donors (Lipinski definition) is 1. The first-order valence-electron chi connectivity index (χ1n) is 7.44. The van der Waals surface area contributed by atoms with Gasteiger partial charge in [-0.15, -0.1) is 0 Å². The Morgan fingerprint density at radius 2 is 1.92 bits per heavy atom. The summed E-state index contributed by atoms with van der Waals surface area (Å²) in [5, 5.41) is 1.92. The minimum absolute atomic E-state index is 0.158. The zero-order chi connectivity index (χ0) is 19.0. The van der Waals surface area contributed by atoms with Gasteiger partial charge < -0.3 is 18.9 Å². The third-order valence-electron chi connectivity index (χ3n) is 2.98. The van der Waals surface area contributed by atoms with Crippen LogP contribution in [-0.2, 0) is 14.3 Å². The second-order valence-electron chi connectivity index (χ2n) is 4.87. The molecule has 0 aromatic heterocycles. The van der Waals surface area contributed by atoms with E-state index in [1.807, 2.05) is 12.2 Å². The summed E-state index contributed by atoms with van der Waals surface area (Å²) < 4.78 is 20.7. The van der Waals surface area contributed by atoms with Crippen molar-refractivity contribution in [1.82, 2.24) is 5.32 Å². The van der Waals surface area contributed by atoms with Gasteiger partial charge >= 0.3 is 12.1 Å². The predicted octanol–water partition coefficient (Wildman–Crippen LogP) is 2.67. The fourth-order valence-corrected chi connectivity index (χ4v) is 2.27. The van der Waals surface area contributed by atoms with Gasteiger partial charge in [0.2, 0.25) is 0 Å². The largest absolute Gasteiger partial charge is 0.493 e. The molecule has 1 rings (SSSR count). The van der Waals surface area contributed by atoms with Crippen molar-refractivity contribution >= 4 is 33.9 Å². The standard InChI is InChI=1S/C16H20BrNO7/c1-5-6-24-13-11(17)7-10(8-12(13)22-3)15(20)25-9(2)14(19)18-16(21)23-4/h7-9H,5-6H2,1-4H3,(H,18,19,21)/t9-/m0/s1. The quantitative estimate of drug-likeness (QED) is 0.680. The van der Waals surface area contributed by atoms with Gasteiger partial charge in [0.1, 0.15) is 0 Å². The van der Waals surface area contributed by atoms with E-state index in [2.05, 4.69) is 20.7 Å². The van der Waals surface area contributed by atoms with Crippen LogP contribution in [0.5, 0.6) is 11.5 Å². The lowest BCUT2D eigenvalue weighted by atomic mass is 10.2. The number of carbonyl (C=O) groups excluding carboxylic acids is 3. The lowest BCUT2D eigenvalue weighted by Crippen LogP contribution is -2.39. The van der Waals surface area contributed by atoms with E-state index in [1.165, 1.54) is 26.2 Å². The molecular formula is C16H20BrNO7. The molecule has 1 aromatic carbocycles. The molecule has 1 aromatic rings. The van der Waals surface area contributed by atoms with Crippen LogP contribution in [0.2, 0.25) is 0 Å². The van der Waals surface area contributed by atoms with Crippen LogP contribution in [0, 0.1) is 0 Å². The first-order chi connectivity index (χ1) is 11.8. The van der Waals surface area contributed by atoms with E-state index < -0.39 is 24.1 Å². The summed E-state index contributed by atoms with van der Waals surface area (Å²) >= 11 is 3.32. The van der Waals surface area contributed by atoms with Crippen molar-refractivity contribution in [2.75, 3.05) is 20.8 Å². The van der Waals surface area contributed by atoms with Gasteiger partial charge in [0.25, 0.3) is 5.91 Å². The van der Waals surface area contributed by atoms with E-state index in [0.717, 1.165) is 13.5 Å². The molecule has 138 valence electrons. The average Bonchev–Trinajstić information content (AvgIpc) is 2.59. The highest BCUT2D eigenvalue weighted by molar-refractivity contribution is 9.10. The molecule has 8 nitrogen and oxygen atoms in total. The molecule has 1 N–H and O–H groups in total. The third-order valence-corrected chi connectivity index (χ3v) is 3.57. The van der Waals surface area contributed by atoms with Crippen molar-refractivity contribution in [3.05, 3.63) is 22.2 Å². The van der Waals surface area contributed by atoms with E-state index in [1.54, 1.807) is 0 Å². The average molecular weight is 418 g/mol. The number of halogens is 1. The summed E-state index contributed by atoms with van der Waals surface area (Å²) in [7, 11) is 2.56. The number of methoxy groups -OCH3 is 2. The molecule has 0 fully saturated rings. The molecule has 0 aliphatic heterocycles. The lowest BCUT2D eigenvalue weighted by molar-refractivity contribution is -0.128. The number of benzene rings is 1. The number of hydrogen-bond acceptors (Lipinski definition) is 7. The minimum Gasteiger partial charge on any atom is -0.493 e. The van der Waals surface area contributed by atoms with Crippen LogP contribution < -0.4 is 14.8 Å². The molecule has 0 saturated carbocycles. The maximum absolute atomic E-state index is 12.2. The molecule has 2 amide bonds. The third kappa shape index (κ3) is 5.93. The molecular weight excluding hydrogens is 398 g/mol. The molecule has 0 spiro atoms. The Morgan fingerprint density at radius 1 is 1.24 bits per heavy atom. The summed E-state index contributed by atoms with van der Waals surface area (Å²) in [6.45, 7) is 3.79. The molecule has 0 bridgehead atoms. The van der Waals surface area contributed by atoms with Gasteiger partial charge in [0.05, 0.1) is 30.9 Å². The van der Waals surface area contributed by atoms with Crippen LogP contribution in [-0.4, -0.2) is 44.9 Å². The van der Waals surface area contributed by atoms with Gasteiger partial charge in [-0.3, -0.25) is 10.1 Å². The van der Waals surface area contributed by atoms with Crippen LogP contribution >= 0.6 is 15.9 Å². The Kier molecular flexibility index (Phi) is 8.20.